The lowest BCUT2D eigenvalue weighted by Gasteiger charge is -2.18. The molecule has 4 nitrogen and oxygen atoms in total. The van der Waals surface area contributed by atoms with Gasteiger partial charge in [-0.3, -0.25) is 9.59 Å². The summed E-state index contributed by atoms with van der Waals surface area (Å²) in [5.74, 6) is -1.61. The van der Waals surface area contributed by atoms with E-state index in [1.54, 1.807) is 13.0 Å². The van der Waals surface area contributed by atoms with Crippen molar-refractivity contribution in [3.8, 4) is 0 Å². The van der Waals surface area contributed by atoms with Gasteiger partial charge in [0.05, 0.1) is 12.5 Å². The standard InChI is InChI=1S/C23H21FN2O2/c1-16-19(24)13-8-14-20(16)26-21(27)15-25-23(28)22(17-9-4-2-5-10-17)18-11-6-3-7-12-18/h2-14,22H,15H2,1H3,(H,25,28)(H,26,27). The average molecular weight is 376 g/mol. The summed E-state index contributed by atoms with van der Waals surface area (Å²) in [7, 11) is 0. The summed E-state index contributed by atoms with van der Waals surface area (Å²) in [6.45, 7) is 1.38. The summed E-state index contributed by atoms with van der Waals surface area (Å²) < 4.78 is 13.6. The number of carbonyl (C=O) groups is 2. The molecule has 5 heteroatoms. The number of amides is 2. The highest BCUT2D eigenvalue weighted by atomic mass is 19.1. The van der Waals surface area contributed by atoms with Gasteiger partial charge < -0.3 is 10.6 Å². The Morgan fingerprint density at radius 1 is 0.857 bits per heavy atom. The second kappa shape index (κ2) is 8.95. The van der Waals surface area contributed by atoms with Crippen molar-refractivity contribution in [2.45, 2.75) is 12.8 Å². The molecule has 0 aliphatic carbocycles. The van der Waals surface area contributed by atoms with Gasteiger partial charge in [0.25, 0.3) is 0 Å². The van der Waals surface area contributed by atoms with Gasteiger partial charge in [0.1, 0.15) is 5.82 Å². The lowest BCUT2D eigenvalue weighted by molar-refractivity contribution is -0.124. The third-order valence-electron chi connectivity index (χ3n) is 4.49. The molecule has 0 atom stereocenters. The van der Waals surface area contributed by atoms with Crippen LogP contribution in [0.5, 0.6) is 0 Å². The van der Waals surface area contributed by atoms with E-state index < -0.39 is 17.6 Å². The first-order valence-electron chi connectivity index (χ1n) is 8.99. The van der Waals surface area contributed by atoms with Crippen LogP contribution in [0.4, 0.5) is 10.1 Å². The van der Waals surface area contributed by atoms with Gasteiger partial charge in [-0.1, -0.05) is 66.7 Å². The molecule has 2 amide bonds. The molecule has 0 aliphatic rings. The van der Waals surface area contributed by atoms with Gasteiger partial charge in [0.2, 0.25) is 11.8 Å². The minimum atomic E-state index is -0.522. The SMILES string of the molecule is Cc1c(F)cccc1NC(=O)CNC(=O)C(c1ccccc1)c1ccccc1. The topological polar surface area (TPSA) is 58.2 Å². The molecule has 0 fully saturated rings. The van der Waals surface area contributed by atoms with E-state index in [2.05, 4.69) is 10.6 Å². The van der Waals surface area contributed by atoms with Gasteiger partial charge in [-0.15, -0.1) is 0 Å². The summed E-state index contributed by atoms with van der Waals surface area (Å²) in [5.41, 5.74) is 2.43. The number of anilines is 1. The van der Waals surface area contributed by atoms with Crippen LogP contribution in [0.15, 0.2) is 78.9 Å². The number of hydrogen-bond acceptors (Lipinski definition) is 2. The highest BCUT2D eigenvalue weighted by Gasteiger charge is 2.22. The number of rotatable bonds is 6. The molecule has 0 aliphatic heterocycles. The zero-order chi connectivity index (χ0) is 19.9. The van der Waals surface area contributed by atoms with Crippen LogP contribution in [0.3, 0.4) is 0 Å². The Bertz CT molecular complexity index is 919. The molecule has 142 valence electrons. The molecule has 3 aromatic rings. The Hall–Kier alpha value is -3.47. The molecule has 0 heterocycles. The summed E-state index contributed by atoms with van der Waals surface area (Å²) in [6.07, 6.45) is 0. The summed E-state index contributed by atoms with van der Waals surface area (Å²) in [6, 6.07) is 23.3. The number of hydrogen-bond donors (Lipinski definition) is 2. The van der Waals surface area contributed by atoms with Crippen LogP contribution >= 0.6 is 0 Å². The van der Waals surface area contributed by atoms with Crippen molar-refractivity contribution < 1.29 is 14.0 Å². The Balaban J connectivity index is 1.70. The first-order chi connectivity index (χ1) is 13.6. The number of carbonyl (C=O) groups excluding carboxylic acids is 2. The van der Waals surface area contributed by atoms with Gasteiger partial charge in [-0.05, 0) is 30.2 Å². The lowest BCUT2D eigenvalue weighted by atomic mass is 9.90. The van der Waals surface area contributed by atoms with Gasteiger partial charge in [0.15, 0.2) is 0 Å². The molecule has 0 spiro atoms. The molecule has 3 aromatic carbocycles. The van der Waals surface area contributed by atoms with E-state index in [9.17, 15) is 14.0 Å². The minimum Gasteiger partial charge on any atom is -0.346 e. The van der Waals surface area contributed by atoms with Crippen LogP contribution < -0.4 is 10.6 Å². The van der Waals surface area contributed by atoms with Crippen LogP contribution in [0.1, 0.15) is 22.6 Å². The van der Waals surface area contributed by atoms with E-state index in [1.165, 1.54) is 12.1 Å². The Labute approximate surface area is 163 Å². The molecule has 0 radical (unpaired) electrons. The lowest BCUT2D eigenvalue weighted by Crippen LogP contribution is -2.36. The van der Waals surface area contributed by atoms with Crippen molar-refractivity contribution in [3.05, 3.63) is 101 Å². The van der Waals surface area contributed by atoms with Crippen molar-refractivity contribution in [1.82, 2.24) is 5.32 Å². The predicted octanol–water partition coefficient (Wildman–Crippen LogP) is 4.02. The highest BCUT2D eigenvalue weighted by Crippen LogP contribution is 2.24. The molecule has 2 N–H and O–H groups in total. The molecule has 0 bridgehead atoms. The smallest absolute Gasteiger partial charge is 0.243 e. The second-order valence-electron chi connectivity index (χ2n) is 6.43. The first-order valence-corrected chi connectivity index (χ1v) is 8.99. The number of halogens is 1. The fraction of sp³-hybridized carbons (Fsp3) is 0.130. The molecule has 0 aromatic heterocycles. The molecule has 0 saturated heterocycles. The molecule has 28 heavy (non-hydrogen) atoms. The summed E-state index contributed by atoms with van der Waals surface area (Å²) in [4.78, 5) is 25.1. The molecular weight excluding hydrogens is 355 g/mol. The van der Waals surface area contributed by atoms with Crippen LogP contribution in [0.2, 0.25) is 0 Å². The third-order valence-corrected chi connectivity index (χ3v) is 4.49. The Morgan fingerprint density at radius 3 is 2.00 bits per heavy atom. The van der Waals surface area contributed by atoms with E-state index in [4.69, 9.17) is 0 Å². The van der Waals surface area contributed by atoms with Crippen molar-refractivity contribution in [1.29, 1.82) is 0 Å². The van der Waals surface area contributed by atoms with Crippen LogP contribution in [-0.4, -0.2) is 18.4 Å². The third kappa shape index (κ3) is 4.62. The zero-order valence-corrected chi connectivity index (χ0v) is 15.5. The van der Waals surface area contributed by atoms with Crippen LogP contribution in [0.25, 0.3) is 0 Å². The largest absolute Gasteiger partial charge is 0.346 e. The Kier molecular flexibility index (Phi) is 6.17. The second-order valence-corrected chi connectivity index (χ2v) is 6.43. The van der Waals surface area contributed by atoms with Crippen molar-refractivity contribution in [3.63, 3.8) is 0 Å². The van der Waals surface area contributed by atoms with E-state index in [-0.39, 0.29) is 12.5 Å². The quantitative estimate of drug-likeness (QED) is 0.683. The van der Waals surface area contributed by atoms with Crippen LogP contribution in [-0.2, 0) is 9.59 Å². The fourth-order valence-corrected chi connectivity index (χ4v) is 2.99. The maximum Gasteiger partial charge on any atom is 0.243 e. The van der Waals surface area contributed by atoms with E-state index >= 15 is 0 Å². The van der Waals surface area contributed by atoms with Crippen molar-refractivity contribution in [2.75, 3.05) is 11.9 Å². The highest BCUT2D eigenvalue weighted by molar-refractivity contribution is 5.96. The summed E-state index contributed by atoms with van der Waals surface area (Å²) >= 11 is 0. The van der Waals surface area contributed by atoms with E-state index in [0.29, 0.717) is 11.3 Å². The molecule has 3 rings (SSSR count). The maximum atomic E-state index is 13.6. The van der Waals surface area contributed by atoms with Gasteiger partial charge in [-0.25, -0.2) is 4.39 Å². The van der Waals surface area contributed by atoms with Gasteiger partial charge in [-0.2, -0.15) is 0 Å². The van der Waals surface area contributed by atoms with Crippen molar-refractivity contribution in [2.24, 2.45) is 0 Å². The van der Waals surface area contributed by atoms with E-state index in [0.717, 1.165) is 11.1 Å². The van der Waals surface area contributed by atoms with E-state index in [1.807, 2.05) is 60.7 Å². The molecule has 0 saturated carbocycles. The Morgan fingerprint density at radius 2 is 1.43 bits per heavy atom. The monoisotopic (exact) mass is 376 g/mol. The normalized spacial score (nSPS) is 10.5. The van der Waals surface area contributed by atoms with Gasteiger partial charge >= 0.3 is 0 Å². The average Bonchev–Trinajstić information content (AvgIpc) is 2.72. The minimum absolute atomic E-state index is 0.203. The zero-order valence-electron chi connectivity index (χ0n) is 15.5. The summed E-state index contributed by atoms with van der Waals surface area (Å²) in [5, 5.41) is 5.32. The molecular formula is C23H21FN2O2. The fourth-order valence-electron chi connectivity index (χ4n) is 2.99. The predicted molar refractivity (Wildman–Crippen MR) is 108 cm³/mol. The molecule has 0 unspecified atom stereocenters. The number of benzene rings is 3. The van der Waals surface area contributed by atoms with Gasteiger partial charge in [0, 0.05) is 11.3 Å². The maximum absolute atomic E-state index is 13.6. The first kappa shape index (κ1) is 19.3. The number of nitrogens with one attached hydrogen (secondary N) is 2. The van der Waals surface area contributed by atoms with Crippen molar-refractivity contribution >= 4 is 17.5 Å². The van der Waals surface area contributed by atoms with Crippen LogP contribution in [0, 0.1) is 12.7 Å².